The molecule has 11 heavy (non-hydrogen) atoms. The van der Waals surface area contributed by atoms with E-state index in [2.05, 4.69) is 0 Å². The Hall–Kier alpha value is 0.110. The molecule has 0 heterocycles. The molecule has 0 bridgehead atoms. The lowest BCUT2D eigenvalue weighted by Crippen LogP contribution is -2.32. The third-order valence-corrected chi connectivity index (χ3v) is 3.22. The molecule has 0 aromatic carbocycles. The average molecular weight is 181 g/mol. The van der Waals surface area contributed by atoms with Crippen molar-refractivity contribution in [1.82, 2.24) is 4.90 Å². The van der Waals surface area contributed by atoms with Crippen LogP contribution in [-0.2, 0) is 4.57 Å². The first-order valence-electron chi connectivity index (χ1n) is 3.48. The van der Waals surface area contributed by atoms with Gasteiger partial charge in [-0.1, -0.05) is 13.8 Å². The van der Waals surface area contributed by atoms with Gasteiger partial charge >= 0.3 is 7.60 Å². The highest BCUT2D eigenvalue weighted by Crippen LogP contribution is 2.45. The molecule has 0 aromatic rings. The summed E-state index contributed by atoms with van der Waals surface area (Å²) >= 11 is 0. The first kappa shape index (κ1) is 11.1. The fourth-order valence-electron chi connectivity index (χ4n) is 1.29. The minimum absolute atomic E-state index is 0.0363. The van der Waals surface area contributed by atoms with Gasteiger partial charge in [0, 0.05) is 0 Å². The lowest BCUT2D eigenvalue weighted by molar-refractivity contribution is 0.244. The van der Waals surface area contributed by atoms with E-state index in [1.165, 1.54) is 0 Å². The van der Waals surface area contributed by atoms with Crippen molar-refractivity contribution >= 4 is 7.60 Å². The van der Waals surface area contributed by atoms with Crippen molar-refractivity contribution in [1.29, 1.82) is 0 Å². The van der Waals surface area contributed by atoms with Crippen molar-refractivity contribution in [3.05, 3.63) is 0 Å². The molecule has 0 amide bonds. The summed E-state index contributed by atoms with van der Waals surface area (Å²) in [5.74, 6) is -0.701. The molecule has 0 aliphatic rings. The van der Waals surface area contributed by atoms with Crippen molar-refractivity contribution in [2.75, 3.05) is 14.1 Å². The quantitative estimate of drug-likeness (QED) is 0.629. The first-order valence-corrected chi connectivity index (χ1v) is 5.16. The summed E-state index contributed by atoms with van der Waals surface area (Å²) in [7, 11) is -0.621. The van der Waals surface area contributed by atoms with Gasteiger partial charge < -0.3 is 9.79 Å². The Balaban J connectivity index is 4.49. The molecule has 1 atom stereocenters. The molecule has 4 nitrogen and oxygen atoms in total. The molecular formula is C6H16NO3P. The molecule has 0 aliphatic carbocycles. The minimum Gasteiger partial charge on any atom is -0.323 e. The Kier molecular flexibility index (Phi) is 3.71. The molecule has 0 aliphatic heterocycles. The molecular weight excluding hydrogens is 165 g/mol. The predicted octanol–water partition coefficient (Wildman–Crippen LogP) is 0.708. The van der Waals surface area contributed by atoms with Gasteiger partial charge in [-0.05, 0) is 20.0 Å². The van der Waals surface area contributed by atoms with E-state index in [0.29, 0.717) is 0 Å². The second-order valence-electron chi connectivity index (χ2n) is 3.21. The van der Waals surface area contributed by atoms with Gasteiger partial charge in [-0.25, -0.2) is 0 Å². The van der Waals surface area contributed by atoms with Crippen LogP contribution in [0.2, 0.25) is 0 Å². The molecule has 2 N–H and O–H groups in total. The lowest BCUT2D eigenvalue weighted by atomic mass is 10.2. The molecule has 0 saturated heterocycles. The molecule has 0 radical (unpaired) electrons. The van der Waals surface area contributed by atoms with Gasteiger partial charge in [0.2, 0.25) is 0 Å². The highest BCUT2D eigenvalue weighted by molar-refractivity contribution is 7.52. The number of rotatable bonds is 3. The van der Waals surface area contributed by atoms with Crippen LogP contribution in [0.25, 0.3) is 0 Å². The Morgan fingerprint density at radius 3 is 1.64 bits per heavy atom. The van der Waals surface area contributed by atoms with Crippen LogP contribution in [0, 0.1) is 5.92 Å². The monoisotopic (exact) mass is 181 g/mol. The van der Waals surface area contributed by atoms with Gasteiger partial charge in [0.05, 0.1) is 0 Å². The average Bonchev–Trinajstić information content (AvgIpc) is 1.54. The maximum atomic E-state index is 10.9. The van der Waals surface area contributed by atoms with Crippen molar-refractivity contribution in [3.63, 3.8) is 0 Å². The van der Waals surface area contributed by atoms with Crippen LogP contribution in [0.3, 0.4) is 0 Å². The highest BCUT2D eigenvalue weighted by atomic mass is 31.2. The summed E-state index contributed by atoms with van der Waals surface area (Å²) in [4.78, 5) is 19.3. The van der Waals surface area contributed by atoms with Crippen molar-refractivity contribution < 1.29 is 14.4 Å². The zero-order valence-electron chi connectivity index (χ0n) is 7.35. The van der Waals surface area contributed by atoms with Crippen LogP contribution in [0.1, 0.15) is 13.8 Å². The van der Waals surface area contributed by atoms with Crippen molar-refractivity contribution in [2.45, 2.75) is 19.6 Å². The number of nitrogens with zero attached hydrogens (tertiary/aromatic N) is 1. The molecule has 0 spiro atoms. The van der Waals surface area contributed by atoms with Gasteiger partial charge in [0.1, 0.15) is 5.78 Å². The Labute approximate surface area is 67.4 Å². The summed E-state index contributed by atoms with van der Waals surface area (Å²) in [6.45, 7) is 3.59. The zero-order valence-corrected chi connectivity index (χ0v) is 8.25. The van der Waals surface area contributed by atoms with Gasteiger partial charge in [-0.2, -0.15) is 0 Å². The second-order valence-corrected chi connectivity index (χ2v) is 4.92. The Morgan fingerprint density at radius 1 is 1.27 bits per heavy atom. The van der Waals surface area contributed by atoms with Crippen molar-refractivity contribution in [2.24, 2.45) is 5.92 Å². The second kappa shape index (κ2) is 3.68. The Morgan fingerprint density at radius 2 is 1.64 bits per heavy atom. The van der Waals surface area contributed by atoms with Gasteiger partial charge in [-0.3, -0.25) is 9.46 Å². The van der Waals surface area contributed by atoms with E-state index in [4.69, 9.17) is 9.79 Å². The third-order valence-electron chi connectivity index (χ3n) is 1.47. The molecule has 1 unspecified atom stereocenters. The lowest BCUT2D eigenvalue weighted by Gasteiger charge is -2.28. The highest BCUT2D eigenvalue weighted by Gasteiger charge is 2.33. The van der Waals surface area contributed by atoms with E-state index in [1.807, 2.05) is 0 Å². The van der Waals surface area contributed by atoms with Crippen LogP contribution in [-0.4, -0.2) is 34.6 Å². The zero-order chi connectivity index (χ0) is 9.23. The van der Waals surface area contributed by atoms with Gasteiger partial charge in [0.25, 0.3) is 0 Å². The van der Waals surface area contributed by atoms with Crippen LogP contribution < -0.4 is 0 Å². The third kappa shape index (κ3) is 3.34. The topological polar surface area (TPSA) is 60.8 Å². The van der Waals surface area contributed by atoms with Crippen LogP contribution >= 0.6 is 7.60 Å². The summed E-state index contributed by atoms with van der Waals surface area (Å²) in [6.07, 6.45) is 0. The number of hydrogen-bond donors (Lipinski definition) is 2. The SMILES string of the molecule is CC(C)C(N(C)C)P(=O)(O)O. The summed E-state index contributed by atoms with van der Waals surface area (Å²) in [5.41, 5.74) is 0. The molecule has 5 heteroatoms. The molecule has 0 fully saturated rings. The van der Waals surface area contributed by atoms with E-state index in [-0.39, 0.29) is 5.92 Å². The Bertz CT molecular complexity index is 155. The van der Waals surface area contributed by atoms with E-state index < -0.39 is 13.4 Å². The number of hydrogen-bond acceptors (Lipinski definition) is 2. The van der Waals surface area contributed by atoms with Crippen LogP contribution in [0.5, 0.6) is 0 Å². The van der Waals surface area contributed by atoms with E-state index in [1.54, 1.807) is 32.8 Å². The van der Waals surface area contributed by atoms with Crippen LogP contribution in [0.4, 0.5) is 0 Å². The van der Waals surface area contributed by atoms with E-state index >= 15 is 0 Å². The largest absolute Gasteiger partial charge is 0.342 e. The fraction of sp³-hybridized carbons (Fsp3) is 1.00. The van der Waals surface area contributed by atoms with Crippen molar-refractivity contribution in [3.8, 4) is 0 Å². The summed E-state index contributed by atoms with van der Waals surface area (Å²) in [6, 6.07) is 0. The van der Waals surface area contributed by atoms with E-state index in [9.17, 15) is 4.57 Å². The maximum Gasteiger partial charge on any atom is 0.342 e. The van der Waals surface area contributed by atoms with E-state index in [0.717, 1.165) is 0 Å². The maximum absolute atomic E-state index is 10.9. The van der Waals surface area contributed by atoms with Gasteiger partial charge in [0.15, 0.2) is 0 Å². The van der Waals surface area contributed by atoms with Crippen LogP contribution in [0.15, 0.2) is 0 Å². The molecule has 0 rings (SSSR count). The smallest absolute Gasteiger partial charge is 0.323 e. The predicted molar refractivity (Wildman–Crippen MR) is 44.4 cm³/mol. The molecule has 0 saturated carbocycles. The minimum atomic E-state index is -3.96. The first-order chi connectivity index (χ1) is 4.76. The molecule has 0 aromatic heterocycles. The summed E-state index contributed by atoms with van der Waals surface area (Å²) in [5, 5.41) is 0. The van der Waals surface area contributed by atoms with Gasteiger partial charge in [-0.15, -0.1) is 0 Å². The fourth-order valence-corrected chi connectivity index (χ4v) is 2.66. The molecule has 68 valence electrons. The summed E-state index contributed by atoms with van der Waals surface area (Å²) < 4.78 is 10.9. The standard InChI is InChI=1S/C6H16NO3P/c1-5(2)6(7(3)4)11(8,9)10/h5-6H,1-4H3,(H2,8,9,10). The normalized spacial score (nSPS) is 16.0.